The Kier molecular flexibility index (Phi) is 4.57. The Morgan fingerprint density at radius 2 is 2.09 bits per heavy atom. The van der Waals surface area contributed by atoms with Gasteiger partial charge in [0.2, 0.25) is 21.7 Å². The number of thiophene rings is 1. The fourth-order valence-electron chi connectivity index (χ4n) is 2.69. The highest BCUT2D eigenvalue weighted by Gasteiger charge is 2.31. The molecule has 0 bridgehead atoms. The van der Waals surface area contributed by atoms with E-state index in [-0.39, 0.29) is 0 Å². The average molecular weight is 355 g/mol. The Balaban J connectivity index is 1.91. The maximum absolute atomic E-state index is 12.9. The van der Waals surface area contributed by atoms with E-state index in [1.54, 1.807) is 10.4 Å². The molecule has 0 spiro atoms. The first-order valence-electron chi connectivity index (χ1n) is 7.85. The van der Waals surface area contributed by atoms with Crippen molar-refractivity contribution < 1.29 is 12.9 Å². The van der Waals surface area contributed by atoms with E-state index in [1.807, 2.05) is 13.8 Å². The summed E-state index contributed by atoms with van der Waals surface area (Å²) in [5, 5.41) is 3.93. The lowest BCUT2D eigenvalue weighted by atomic mass is 10.0. The Morgan fingerprint density at radius 3 is 2.70 bits per heavy atom. The minimum Gasteiger partial charge on any atom is -0.339 e. The molecule has 0 N–H and O–H groups in total. The second kappa shape index (κ2) is 6.33. The summed E-state index contributed by atoms with van der Waals surface area (Å²) in [6, 6.07) is 1.68. The molecule has 2 aromatic heterocycles. The molecule has 1 aliphatic rings. The number of hydrogen-bond acceptors (Lipinski definition) is 6. The van der Waals surface area contributed by atoms with Crippen LogP contribution < -0.4 is 0 Å². The standard InChI is InChI=1S/C15H21N3O3S2/c1-4-14-16-15(17-21-14)12-9-13(11(3)22-12)23(19,20)18-7-5-10(2)6-8-18/h9-10H,4-8H2,1-3H3. The quantitative estimate of drug-likeness (QED) is 0.842. The third-order valence-corrected chi connectivity index (χ3v) is 7.42. The van der Waals surface area contributed by atoms with Crippen LogP contribution in [0.25, 0.3) is 10.7 Å². The molecule has 126 valence electrons. The van der Waals surface area contributed by atoms with Gasteiger partial charge in [0, 0.05) is 24.4 Å². The minimum absolute atomic E-state index is 0.370. The predicted molar refractivity (Wildman–Crippen MR) is 88.9 cm³/mol. The lowest BCUT2D eigenvalue weighted by Crippen LogP contribution is -2.37. The van der Waals surface area contributed by atoms with Crippen LogP contribution in [-0.2, 0) is 16.4 Å². The normalized spacial score (nSPS) is 17.7. The molecule has 3 heterocycles. The number of aromatic nitrogens is 2. The molecule has 8 heteroatoms. The summed E-state index contributed by atoms with van der Waals surface area (Å²) in [4.78, 5) is 6.15. The van der Waals surface area contributed by atoms with Crippen molar-refractivity contribution in [3.63, 3.8) is 0 Å². The first-order valence-corrected chi connectivity index (χ1v) is 10.1. The Morgan fingerprint density at radius 1 is 1.39 bits per heavy atom. The second-order valence-corrected chi connectivity index (χ2v) is 9.15. The van der Waals surface area contributed by atoms with Crippen LogP contribution in [0, 0.1) is 12.8 Å². The molecular weight excluding hydrogens is 334 g/mol. The highest BCUT2D eigenvalue weighted by molar-refractivity contribution is 7.89. The van der Waals surface area contributed by atoms with Crippen molar-refractivity contribution in [1.82, 2.24) is 14.4 Å². The zero-order valence-electron chi connectivity index (χ0n) is 13.6. The molecule has 0 unspecified atom stereocenters. The van der Waals surface area contributed by atoms with Crippen molar-refractivity contribution in [2.75, 3.05) is 13.1 Å². The van der Waals surface area contributed by atoms with Gasteiger partial charge >= 0.3 is 0 Å². The molecule has 0 amide bonds. The van der Waals surface area contributed by atoms with Crippen molar-refractivity contribution >= 4 is 21.4 Å². The molecule has 1 fully saturated rings. The Bertz CT molecular complexity index is 787. The third kappa shape index (κ3) is 3.20. The van der Waals surface area contributed by atoms with Gasteiger partial charge in [-0.3, -0.25) is 0 Å². The van der Waals surface area contributed by atoms with Gasteiger partial charge in [-0.1, -0.05) is 19.0 Å². The van der Waals surface area contributed by atoms with E-state index in [1.165, 1.54) is 11.3 Å². The SMILES string of the molecule is CCc1nc(-c2cc(S(=O)(=O)N3CCC(C)CC3)c(C)s2)no1. The summed E-state index contributed by atoms with van der Waals surface area (Å²) >= 11 is 1.39. The summed E-state index contributed by atoms with van der Waals surface area (Å²) in [5.41, 5.74) is 0. The first kappa shape index (κ1) is 16.6. The fraction of sp³-hybridized carbons (Fsp3) is 0.600. The molecule has 1 saturated heterocycles. The zero-order chi connectivity index (χ0) is 16.6. The van der Waals surface area contributed by atoms with Crippen LogP contribution >= 0.6 is 11.3 Å². The van der Waals surface area contributed by atoms with Crippen LogP contribution in [0.3, 0.4) is 0 Å². The molecule has 0 aromatic carbocycles. The van der Waals surface area contributed by atoms with Gasteiger partial charge in [-0.15, -0.1) is 11.3 Å². The molecule has 0 radical (unpaired) electrons. The molecule has 3 rings (SSSR count). The van der Waals surface area contributed by atoms with E-state index in [0.717, 1.165) is 22.6 Å². The lowest BCUT2D eigenvalue weighted by Gasteiger charge is -2.29. The van der Waals surface area contributed by atoms with Crippen LogP contribution in [0.4, 0.5) is 0 Å². The van der Waals surface area contributed by atoms with E-state index < -0.39 is 10.0 Å². The highest BCUT2D eigenvalue weighted by atomic mass is 32.2. The number of aryl methyl sites for hydroxylation is 2. The maximum Gasteiger partial charge on any atom is 0.244 e. The molecular formula is C15H21N3O3S2. The van der Waals surface area contributed by atoms with E-state index in [0.29, 0.717) is 42.0 Å². The van der Waals surface area contributed by atoms with Crippen molar-refractivity contribution in [1.29, 1.82) is 0 Å². The predicted octanol–water partition coefficient (Wildman–Crippen LogP) is 3.09. The number of hydrogen-bond donors (Lipinski definition) is 0. The monoisotopic (exact) mass is 355 g/mol. The molecule has 0 atom stereocenters. The summed E-state index contributed by atoms with van der Waals surface area (Å²) in [6.45, 7) is 7.12. The Hall–Kier alpha value is -1.25. The molecule has 0 saturated carbocycles. The summed E-state index contributed by atoms with van der Waals surface area (Å²) in [7, 11) is -3.44. The number of rotatable bonds is 4. The summed E-state index contributed by atoms with van der Waals surface area (Å²) in [6.07, 6.45) is 2.49. The maximum atomic E-state index is 12.9. The molecule has 23 heavy (non-hydrogen) atoms. The van der Waals surface area contributed by atoms with Crippen LogP contribution in [0.1, 0.15) is 37.5 Å². The molecule has 2 aromatic rings. The molecule has 6 nitrogen and oxygen atoms in total. The summed E-state index contributed by atoms with van der Waals surface area (Å²) < 4.78 is 32.5. The van der Waals surface area contributed by atoms with Crippen molar-refractivity contribution in [3.8, 4) is 10.7 Å². The second-order valence-electron chi connectivity index (χ2n) is 5.98. The van der Waals surface area contributed by atoms with Gasteiger partial charge in [0.25, 0.3) is 0 Å². The van der Waals surface area contributed by atoms with Crippen molar-refractivity contribution in [2.24, 2.45) is 5.92 Å². The van der Waals surface area contributed by atoms with Crippen molar-refractivity contribution in [3.05, 3.63) is 16.8 Å². The molecule has 1 aliphatic heterocycles. The first-order chi connectivity index (χ1) is 10.9. The summed E-state index contributed by atoms with van der Waals surface area (Å²) in [5.74, 6) is 1.61. The number of sulfonamides is 1. The van der Waals surface area contributed by atoms with Gasteiger partial charge in [-0.2, -0.15) is 9.29 Å². The smallest absolute Gasteiger partial charge is 0.244 e. The van der Waals surface area contributed by atoms with Crippen LogP contribution in [0.15, 0.2) is 15.5 Å². The topological polar surface area (TPSA) is 76.3 Å². The van der Waals surface area contributed by atoms with Gasteiger partial charge < -0.3 is 4.52 Å². The van der Waals surface area contributed by atoms with E-state index >= 15 is 0 Å². The Labute approximate surface area is 140 Å². The average Bonchev–Trinajstić information content (AvgIpc) is 3.14. The van der Waals surface area contributed by atoms with E-state index in [4.69, 9.17) is 4.52 Å². The van der Waals surface area contributed by atoms with Gasteiger partial charge in [0.1, 0.15) is 0 Å². The van der Waals surface area contributed by atoms with Gasteiger partial charge in [-0.25, -0.2) is 8.42 Å². The highest BCUT2D eigenvalue weighted by Crippen LogP contribution is 2.34. The number of piperidine rings is 1. The van der Waals surface area contributed by atoms with Gasteiger partial charge in [0.05, 0.1) is 9.77 Å². The number of nitrogens with zero attached hydrogens (tertiary/aromatic N) is 3. The largest absolute Gasteiger partial charge is 0.339 e. The fourth-order valence-corrected chi connectivity index (χ4v) is 5.65. The van der Waals surface area contributed by atoms with Crippen molar-refractivity contribution in [2.45, 2.75) is 44.9 Å². The zero-order valence-corrected chi connectivity index (χ0v) is 15.2. The van der Waals surface area contributed by atoms with Crippen LogP contribution in [-0.4, -0.2) is 36.0 Å². The minimum atomic E-state index is -3.44. The molecule has 0 aliphatic carbocycles. The third-order valence-electron chi connectivity index (χ3n) is 4.22. The van der Waals surface area contributed by atoms with Crippen LogP contribution in [0.2, 0.25) is 0 Å². The van der Waals surface area contributed by atoms with Gasteiger partial charge in [0.15, 0.2) is 0 Å². The lowest BCUT2D eigenvalue weighted by molar-refractivity contribution is 0.288. The van der Waals surface area contributed by atoms with E-state index in [2.05, 4.69) is 17.1 Å². The van der Waals surface area contributed by atoms with E-state index in [9.17, 15) is 8.42 Å². The van der Waals surface area contributed by atoms with Gasteiger partial charge in [-0.05, 0) is 31.7 Å². The van der Waals surface area contributed by atoms with Crippen LogP contribution in [0.5, 0.6) is 0 Å².